The Labute approximate surface area is 177 Å². The summed E-state index contributed by atoms with van der Waals surface area (Å²) in [5.41, 5.74) is 5.66. The Bertz CT molecular complexity index is 796. The molecule has 1 aliphatic rings. The van der Waals surface area contributed by atoms with Crippen LogP contribution in [-0.2, 0) is 9.59 Å². The highest BCUT2D eigenvalue weighted by molar-refractivity contribution is 5.98. The zero-order valence-corrected chi connectivity index (χ0v) is 17.9. The maximum atomic E-state index is 13.2. The monoisotopic (exact) mass is 416 g/mol. The molecule has 1 unspecified atom stereocenters. The fourth-order valence-electron chi connectivity index (χ4n) is 4.07. The minimum absolute atomic E-state index is 0.0106. The maximum absolute atomic E-state index is 13.2. The molecule has 0 saturated carbocycles. The molecule has 1 heterocycles. The molecule has 1 aliphatic heterocycles. The van der Waals surface area contributed by atoms with Crippen LogP contribution >= 0.6 is 0 Å². The number of carbonyl (C=O) groups excluding carboxylic acids is 2. The molecular weight excluding hydrogens is 384 g/mol. The lowest BCUT2D eigenvalue weighted by Crippen LogP contribution is -2.55. The predicted octanol–water partition coefficient (Wildman–Crippen LogP) is 2.22. The summed E-state index contributed by atoms with van der Waals surface area (Å²) in [6.45, 7) is 6.71. The van der Waals surface area contributed by atoms with Crippen molar-refractivity contribution in [3.05, 3.63) is 35.4 Å². The van der Waals surface area contributed by atoms with Gasteiger partial charge >= 0.3 is 5.97 Å². The average molecular weight is 417 g/mol. The van der Waals surface area contributed by atoms with Crippen LogP contribution < -0.4 is 11.1 Å². The van der Waals surface area contributed by atoms with E-state index in [2.05, 4.69) is 5.32 Å². The van der Waals surface area contributed by atoms with Gasteiger partial charge in [-0.25, -0.2) is 0 Å². The fourth-order valence-corrected chi connectivity index (χ4v) is 4.07. The summed E-state index contributed by atoms with van der Waals surface area (Å²) >= 11 is 0. The van der Waals surface area contributed by atoms with Crippen LogP contribution in [0.4, 0.5) is 0 Å². The van der Waals surface area contributed by atoms with Gasteiger partial charge in [0, 0.05) is 36.2 Å². The van der Waals surface area contributed by atoms with Gasteiger partial charge in [0.2, 0.25) is 5.91 Å². The maximum Gasteiger partial charge on any atom is 0.303 e. The van der Waals surface area contributed by atoms with E-state index < -0.39 is 17.4 Å². The summed E-state index contributed by atoms with van der Waals surface area (Å²) in [6, 6.07) is 6.46. The number of nitrogens with one attached hydrogen (secondary N) is 2. The zero-order chi connectivity index (χ0) is 22.5. The SMILES string of the molecule is CCC(C(=O)N1CCC(CC(=O)O)CC1)C(C)(C)NC(=O)c1ccc(C(=N)N)cc1. The molecule has 5 N–H and O–H groups in total. The van der Waals surface area contributed by atoms with Gasteiger partial charge in [0.15, 0.2) is 0 Å². The second kappa shape index (κ2) is 9.73. The first-order valence-corrected chi connectivity index (χ1v) is 10.3. The minimum Gasteiger partial charge on any atom is -0.481 e. The smallest absolute Gasteiger partial charge is 0.303 e. The van der Waals surface area contributed by atoms with Crippen LogP contribution in [0.3, 0.4) is 0 Å². The Hall–Kier alpha value is -2.90. The summed E-state index contributed by atoms with van der Waals surface area (Å²) in [6.07, 6.45) is 2.08. The molecule has 1 aromatic rings. The number of amides is 2. The molecular formula is C22H32N4O4. The molecule has 2 amide bonds. The number of amidine groups is 1. The Kier molecular flexibility index (Phi) is 7.59. The summed E-state index contributed by atoms with van der Waals surface area (Å²) in [4.78, 5) is 38.6. The number of nitrogens with two attached hydrogens (primary N) is 1. The van der Waals surface area contributed by atoms with Crippen molar-refractivity contribution in [3.63, 3.8) is 0 Å². The highest BCUT2D eigenvalue weighted by atomic mass is 16.4. The third kappa shape index (κ3) is 5.81. The molecule has 30 heavy (non-hydrogen) atoms. The summed E-state index contributed by atoms with van der Waals surface area (Å²) < 4.78 is 0. The van der Waals surface area contributed by atoms with Gasteiger partial charge in [-0.1, -0.05) is 19.1 Å². The van der Waals surface area contributed by atoms with Crippen LogP contribution in [0.25, 0.3) is 0 Å². The second-order valence-electron chi connectivity index (χ2n) is 8.49. The first-order valence-electron chi connectivity index (χ1n) is 10.3. The first-order chi connectivity index (χ1) is 14.0. The van der Waals surface area contributed by atoms with Gasteiger partial charge in [0.05, 0.1) is 5.92 Å². The van der Waals surface area contributed by atoms with Crippen LogP contribution in [0.2, 0.25) is 0 Å². The van der Waals surface area contributed by atoms with Crippen molar-refractivity contribution in [2.45, 2.75) is 52.0 Å². The van der Waals surface area contributed by atoms with E-state index in [1.807, 2.05) is 20.8 Å². The van der Waals surface area contributed by atoms with Crippen molar-refractivity contribution in [1.29, 1.82) is 5.41 Å². The van der Waals surface area contributed by atoms with E-state index in [-0.39, 0.29) is 30.0 Å². The third-order valence-electron chi connectivity index (χ3n) is 5.86. The zero-order valence-electron chi connectivity index (χ0n) is 17.9. The van der Waals surface area contributed by atoms with E-state index in [4.69, 9.17) is 16.2 Å². The predicted molar refractivity (Wildman–Crippen MR) is 114 cm³/mol. The van der Waals surface area contributed by atoms with Gasteiger partial charge in [-0.2, -0.15) is 0 Å². The Morgan fingerprint density at radius 2 is 1.73 bits per heavy atom. The molecule has 0 bridgehead atoms. The Morgan fingerprint density at radius 3 is 2.20 bits per heavy atom. The summed E-state index contributed by atoms with van der Waals surface area (Å²) in [7, 11) is 0. The van der Waals surface area contributed by atoms with Gasteiger partial charge in [-0.15, -0.1) is 0 Å². The quantitative estimate of drug-likeness (QED) is 0.380. The number of piperidine rings is 1. The van der Waals surface area contributed by atoms with Crippen molar-refractivity contribution >= 4 is 23.6 Å². The highest BCUT2D eigenvalue weighted by Crippen LogP contribution is 2.27. The number of carbonyl (C=O) groups is 3. The Morgan fingerprint density at radius 1 is 1.20 bits per heavy atom. The molecule has 0 aliphatic carbocycles. The Balaban J connectivity index is 2.03. The van der Waals surface area contributed by atoms with E-state index in [9.17, 15) is 14.4 Å². The molecule has 0 radical (unpaired) electrons. The molecule has 0 aromatic heterocycles. The number of hydrogen-bond acceptors (Lipinski definition) is 4. The number of benzene rings is 1. The van der Waals surface area contributed by atoms with Crippen molar-refractivity contribution < 1.29 is 19.5 Å². The standard InChI is InChI=1S/C22H32N4O4/c1-4-17(21(30)26-11-9-14(10-12-26)13-18(27)28)22(2,3)25-20(29)16-7-5-15(6-8-16)19(23)24/h5-8,14,17H,4,9-13H2,1-3H3,(H3,23,24)(H,25,29)(H,27,28). The molecule has 1 fully saturated rings. The second-order valence-corrected chi connectivity index (χ2v) is 8.49. The number of hydrogen-bond donors (Lipinski definition) is 4. The molecule has 1 saturated heterocycles. The van der Waals surface area contributed by atoms with E-state index in [0.29, 0.717) is 43.5 Å². The largest absolute Gasteiger partial charge is 0.481 e. The van der Waals surface area contributed by atoms with Crippen LogP contribution in [0.15, 0.2) is 24.3 Å². The van der Waals surface area contributed by atoms with Gasteiger partial charge in [0.1, 0.15) is 5.84 Å². The molecule has 0 spiro atoms. The number of nitrogen functional groups attached to an aromatic ring is 1. The van der Waals surface area contributed by atoms with Crippen molar-refractivity contribution in [2.75, 3.05) is 13.1 Å². The number of nitrogens with zero attached hydrogens (tertiary/aromatic N) is 1. The van der Waals surface area contributed by atoms with E-state index in [0.717, 1.165) is 0 Å². The molecule has 8 heteroatoms. The lowest BCUT2D eigenvalue weighted by molar-refractivity contribution is -0.140. The highest BCUT2D eigenvalue weighted by Gasteiger charge is 2.38. The van der Waals surface area contributed by atoms with Crippen molar-refractivity contribution in [3.8, 4) is 0 Å². The van der Waals surface area contributed by atoms with Crippen molar-refractivity contribution in [1.82, 2.24) is 10.2 Å². The summed E-state index contributed by atoms with van der Waals surface area (Å²) in [5.74, 6) is -1.45. The summed E-state index contributed by atoms with van der Waals surface area (Å²) in [5, 5.41) is 19.4. The van der Waals surface area contributed by atoms with Crippen LogP contribution in [0.1, 0.15) is 62.4 Å². The molecule has 2 rings (SSSR count). The number of aliphatic carboxylic acids is 1. The van der Waals surface area contributed by atoms with Gasteiger partial charge in [-0.05, 0) is 51.2 Å². The molecule has 1 atom stereocenters. The number of carboxylic acids is 1. The fraction of sp³-hybridized carbons (Fsp3) is 0.545. The normalized spacial score (nSPS) is 16.0. The van der Waals surface area contributed by atoms with Crippen LogP contribution in [-0.4, -0.2) is 52.3 Å². The number of rotatable bonds is 8. The topological polar surface area (TPSA) is 137 Å². The van der Waals surface area contributed by atoms with Crippen LogP contribution in [0, 0.1) is 17.2 Å². The van der Waals surface area contributed by atoms with E-state index in [1.165, 1.54) is 0 Å². The lowest BCUT2D eigenvalue weighted by Gasteiger charge is -2.39. The molecule has 8 nitrogen and oxygen atoms in total. The average Bonchev–Trinajstić information content (AvgIpc) is 2.68. The van der Waals surface area contributed by atoms with Crippen LogP contribution in [0.5, 0.6) is 0 Å². The minimum atomic E-state index is -0.800. The lowest BCUT2D eigenvalue weighted by atomic mass is 9.83. The first kappa shape index (κ1) is 23.4. The number of likely N-dealkylation sites (tertiary alicyclic amines) is 1. The van der Waals surface area contributed by atoms with E-state index in [1.54, 1.807) is 29.2 Å². The molecule has 1 aromatic carbocycles. The molecule has 164 valence electrons. The van der Waals surface area contributed by atoms with Gasteiger partial charge in [0.25, 0.3) is 5.91 Å². The number of carboxylic acid groups (broad SMARTS) is 1. The van der Waals surface area contributed by atoms with Gasteiger partial charge in [-0.3, -0.25) is 19.8 Å². The van der Waals surface area contributed by atoms with Crippen molar-refractivity contribution in [2.24, 2.45) is 17.6 Å². The van der Waals surface area contributed by atoms with E-state index >= 15 is 0 Å². The third-order valence-corrected chi connectivity index (χ3v) is 5.86. The van der Waals surface area contributed by atoms with Gasteiger partial charge < -0.3 is 21.1 Å².